The Morgan fingerprint density at radius 3 is 2.50 bits per heavy atom. The Hall–Kier alpha value is -1.80. The van der Waals surface area contributed by atoms with Crippen LogP contribution >= 0.6 is 11.6 Å². The van der Waals surface area contributed by atoms with E-state index >= 15 is 0 Å². The second-order valence-electron chi connectivity index (χ2n) is 6.03. The number of alkyl halides is 2. The maximum Gasteiger partial charge on any atom is 0.281 e. The van der Waals surface area contributed by atoms with E-state index in [1.165, 1.54) is 24.6 Å². The normalized spacial score (nSPS) is 18.8. The van der Waals surface area contributed by atoms with Gasteiger partial charge in [-0.05, 0) is 13.0 Å². The highest BCUT2D eigenvalue weighted by atomic mass is 35.5. The van der Waals surface area contributed by atoms with Crippen molar-refractivity contribution >= 4 is 28.6 Å². The molecule has 1 aliphatic heterocycles. The van der Waals surface area contributed by atoms with Gasteiger partial charge in [0, 0.05) is 38.5 Å². The van der Waals surface area contributed by atoms with Crippen molar-refractivity contribution < 1.29 is 13.9 Å². The number of rotatable bonds is 2. The van der Waals surface area contributed by atoms with Crippen molar-refractivity contribution in [3.05, 3.63) is 27.1 Å². The van der Waals surface area contributed by atoms with Gasteiger partial charge < -0.3 is 10.0 Å². The molecule has 1 aliphatic rings. The molecule has 1 N–H and O–H groups in total. The molecule has 6 nitrogen and oxygen atoms in total. The second kappa shape index (κ2) is 5.93. The summed E-state index contributed by atoms with van der Waals surface area (Å²) < 4.78 is 28.0. The number of fused-ring (bicyclic) bond motifs is 1. The first-order valence-electron chi connectivity index (χ1n) is 7.57. The summed E-state index contributed by atoms with van der Waals surface area (Å²) >= 11 is 5.92. The summed E-state index contributed by atoms with van der Waals surface area (Å²) in [6.45, 7) is 1.74. The molecule has 0 aliphatic carbocycles. The fraction of sp³-hybridized carbons (Fsp3) is 0.533. The van der Waals surface area contributed by atoms with Crippen LogP contribution in [0.2, 0.25) is 5.15 Å². The first-order valence-corrected chi connectivity index (χ1v) is 7.95. The highest BCUT2D eigenvalue weighted by Crippen LogP contribution is 2.30. The molecule has 130 valence electrons. The fourth-order valence-corrected chi connectivity index (χ4v) is 3.05. The molecule has 24 heavy (non-hydrogen) atoms. The van der Waals surface area contributed by atoms with E-state index in [-0.39, 0.29) is 48.1 Å². The van der Waals surface area contributed by atoms with Crippen LogP contribution < -0.4 is 10.5 Å². The highest BCUT2D eigenvalue weighted by molar-refractivity contribution is 6.29. The zero-order valence-electron chi connectivity index (χ0n) is 13.3. The van der Waals surface area contributed by atoms with Crippen LogP contribution in [-0.4, -0.2) is 38.7 Å². The number of hydrogen-bond acceptors (Lipinski definition) is 5. The molecule has 1 atom stereocenters. The van der Waals surface area contributed by atoms with Crippen molar-refractivity contribution in [2.45, 2.75) is 31.8 Å². The third kappa shape index (κ3) is 2.95. The molecule has 0 saturated carbocycles. The van der Waals surface area contributed by atoms with Gasteiger partial charge in [0.15, 0.2) is 5.52 Å². The van der Waals surface area contributed by atoms with E-state index in [9.17, 15) is 18.7 Å². The van der Waals surface area contributed by atoms with E-state index in [2.05, 4.69) is 9.97 Å². The molecule has 0 radical (unpaired) electrons. The van der Waals surface area contributed by atoms with E-state index in [0.29, 0.717) is 5.56 Å². The van der Waals surface area contributed by atoms with Gasteiger partial charge in [-0.15, -0.1) is 0 Å². The maximum absolute atomic E-state index is 13.4. The SMILES string of the molecule is CC(O)c1cc(Cl)nc2c(=O)n(C)c(N3CCC(F)(F)CC3)nc12. The first kappa shape index (κ1) is 17.0. The Morgan fingerprint density at radius 1 is 1.29 bits per heavy atom. The molecule has 3 heterocycles. The topological polar surface area (TPSA) is 71.2 Å². The number of piperidine rings is 1. The summed E-state index contributed by atoms with van der Waals surface area (Å²) in [6.07, 6.45) is -1.47. The molecule has 0 aromatic carbocycles. The van der Waals surface area contributed by atoms with Gasteiger partial charge in [-0.1, -0.05) is 11.6 Å². The zero-order valence-corrected chi connectivity index (χ0v) is 14.0. The smallest absolute Gasteiger partial charge is 0.281 e. The van der Waals surface area contributed by atoms with Gasteiger partial charge in [-0.25, -0.2) is 18.7 Å². The standard InChI is InChI=1S/C15H17ClF2N4O2/c1-8(23)9-7-10(16)19-12-11(9)20-14(21(2)13(12)24)22-5-3-15(17,18)4-6-22/h7-8,23H,3-6H2,1-2H3. The van der Waals surface area contributed by atoms with Crippen LogP contribution in [0.4, 0.5) is 14.7 Å². The van der Waals surface area contributed by atoms with E-state index in [0.717, 1.165) is 0 Å². The number of aliphatic hydroxyl groups is 1. The largest absolute Gasteiger partial charge is 0.389 e. The number of aliphatic hydroxyl groups excluding tert-OH is 1. The van der Waals surface area contributed by atoms with Crippen molar-refractivity contribution in [2.24, 2.45) is 7.05 Å². The summed E-state index contributed by atoms with van der Waals surface area (Å²) in [4.78, 5) is 22.7. The van der Waals surface area contributed by atoms with Crippen molar-refractivity contribution in [3.63, 3.8) is 0 Å². The lowest BCUT2D eigenvalue weighted by Gasteiger charge is -2.33. The number of pyridine rings is 1. The predicted molar refractivity (Wildman–Crippen MR) is 86.8 cm³/mol. The number of nitrogens with zero attached hydrogens (tertiary/aromatic N) is 4. The molecule has 2 aromatic rings. The minimum absolute atomic E-state index is 0.0481. The lowest BCUT2D eigenvalue weighted by molar-refractivity contribution is -0.0223. The van der Waals surface area contributed by atoms with Crippen molar-refractivity contribution in [1.82, 2.24) is 14.5 Å². The van der Waals surface area contributed by atoms with Crippen LogP contribution in [0, 0.1) is 0 Å². The Kier molecular flexibility index (Phi) is 4.21. The Bertz CT molecular complexity index is 843. The second-order valence-corrected chi connectivity index (χ2v) is 6.41. The van der Waals surface area contributed by atoms with Gasteiger partial charge in [0.2, 0.25) is 5.95 Å². The molecule has 1 fully saturated rings. The van der Waals surface area contributed by atoms with Gasteiger partial charge in [-0.3, -0.25) is 9.36 Å². The monoisotopic (exact) mass is 358 g/mol. The molecule has 1 saturated heterocycles. The van der Waals surface area contributed by atoms with Gasteiger partial charge >= 0.3 is 0 Å². The molecule has 0 bridgehead atoms. The van der Waals surface area contributed by atoms with Crippen molar-refractivity contribution in [3.8, 4) is 0 Å². The molecular formula is C15H17ClF2N4O2. The highest BCUT2D eigenvalue weighted by Gasteiger charge is 2.35. The third-order valence-corrected chi connectivity index (χ3v) is 4.43. The zero-order chi connectivity index (χ0) is 17.6. The molecule has 1 unspecified atom stereocenters. The minimum atomic E-state index is -2.69. The fourth-order valence-electron chi connectivity index (χ4n) is 2.85. The van der Waals surface area contributed by atoms with Gasteiger partial charge in [0.05, 0.1) is 6.10 Å². The van der Waals surface area contributed by atoms with Gasteiger partial charge in [-0.2, -0.15) is 0 Å². The van der Waals surface area contributed by atoms with Crippen molar-refractivity contribution in [2.75, 3.05) is 18.0 Å². The lowest BCUT2D eigenvalue weighted by Crippen LogP contribution is -2.42. The Labute approximate surface area is 141 Å². The van der Waals surface area contributed by atoms with Crippen LogP contribution in [0.15, 0.2) is 10.9 Å². The molecule has 2 aromatic heterocycles. The van der Waals surface area contributed by atoms with Crippen molar-refractivity contribution in [1.29, 1.82) is 0 Å². The van der Waals surface area contributed by atoms with Crippen LogP contribution in [0.1, 0.15) is 31.4 Å². The number of aromatic nitrogens is 3. The summed E-state index contributed by atoms with van der Waals surface area (Å²) in [5.74, 6) is -2.40. The average Bonchev–Trinajstić information content (AvgIpc) is 2.51. The molecule has 3 rings (SSSR count). The van der Waals surface area contributed by atoms with Crippen LogP contribution in [0.3, 0.4) is 0 Å². The quantitative estimate of drug-likeness (QED) is 0.834. The summed E-state index contributed by atoms with van der Waals surface area (Å²) in [5, 5.41) is 10.0. The number of halogens is 3. The Morgan fingerprint density at radius 2 is 1.92 bits per heavy atom. The molecule has 0 amide bonds. The van der Waals surface area contributed by atoms with E-state index < -0.39 is 17.6 Å². The van der Waals surface area contributed by atoms with Crippen LogP contribution in [0.25, 0.3) is 11.0 Å². The van der Waals surface area contributed by atoms with E-state index in [1.807, 2.05) is 0 Å². The Balaban J connectivity index is 2.17. The molecule has 0 spiro atoms. The number of hydrogen-bond donors (Lipinski definition) is 1. The van der Waals surface area contributed by atoms with Gasteiger partial charge in [0.25, 0.3) is 11.5 Å². The predicted octanol–water partition coefficient (Wildman–Crippen LogP) is 2.27. The first-order chi connectivity index (χ1) is 11.2. The summed E-state index contributed by atoms with van der Waals surface area (Å²) in [7, 11) is 1.52. The van der Waals surface area contributed by atoms with E-state index in [1.54, 1.807) is 4.90 Å². The van der Waals surface area contributed by atoms with Crippen LogP contribution in [-0.2, 0) is 7.05 Å². The third-order valence-electron chi connectivity index (χ3n) is 4.24. The van der Waals surface area contributed by atoms with Crippen LogP contribution in [0.5, 0.6) is 0 Å². The molecule has 9 heteroatoms. The molecular weight excluding hydrogens is 342 g/mol. The minimum Gasteiger partial charge on any atom is -0.389 e. The lowest BCUT2D eigenvalue weighted by atomic mass is 10.1. The number of anilines is 1. The van der Waals surface area contributed by atoms with Gasteiger partial charge in [0.1, 0.15) is 10.7 Å². The summed E-state index contributed by atoms with van der Waals surface area (Å²) in [6, 6.07) is 1.45. The average molecular weight is 359 g/mol. The maximum atomic E-state index is 13.4. The van der Waals surface area contributed by atoms with E-state index in [4.69, 9.17) is 11.6 Å². The summed E-state index contributed by atoms with van der Waals surface area (Å²) in [5.41, 5.74) is 0.236.